The summed E-state index contributed by atoms with van der Waals surface area (Å²) in [5.74, 6) is 1.27. The number of amides is 1. The van der Waals surface area contributed by atoms with Gasteiger partial charge in [-0.2, -0.15) is 0 Å². The summed E-state index contributed by atoms with van der Waals surface area (Å²) in [5, 5.41) is 9.11. The SMILES string of the molecule is CCNC(=NCc1ccc(OC)cc1)NCC(=O)Nc1cc(Br)ccc1C. The maximum absolute atomic E-state index is 12.2. The van der Waals surface area contributed by atoms with Crippen LogP contribution in [0.2, 0.25) is 0 Å². The van der Waals surface area contributed by atoms with Crippen molar-refractivity contribution >= 4 is 33.5 Å². The van der Waals surface area contributed by atoms with Gasteiger partial charge in [-0.1, -0.05) is 34.1 Å². The molecule has 0 spiro atoms. The molecule has 0 saturated heterocycles. The fourth-order valence-corrected chi connectivity index (χ4v) is 2.69. The van der Waals surface area contributed by atoms with E-state index < -0.39 is 0 Å². The van der Waals surface area contributed by atoms with E-state index in [4.69, 9.17) is 4.74 Å². The lowest BCUT2D eigenvalue weighted by molar-refractivity contribution is -0.115. The number of nitrogens with zero attached hydrogens (tertiary/aromatic N) is 1. The summed E-state index contributed by atoms with van der Waals surface area (Å²) in [6, 6.07) is 13.5. The molecule has 0 aliphatic heterocycles. The first-order valence-electron chi connectivity index (χ1n) is 8.73. The van der Waals surface area contributed by atoms with Gasteiger partial charge in [0.1, 0.15) is 5.75 Å². The standard InChI is InChI=1S/C20H25BrN4O2/c1-4-22-20(23-12-15-6-9-17(27-3)10-7-15)24-13-19(26)25-18-11-16(21)8-5-14(18)2/h5-11H,4,12-13H2,1-3H3,(H,25,26)(H2,22,23,24). The highest BCUT2D eigenvalue weighted by atomic mass is 79.9. The lowest BCUT2D eigenvalue weighted by Gasteiger charge is -2.13. The van der Waals surface area contributed by atoms with Crippen LogP contribution in [-0.2, 0) is 11.3 Å². The van der Waals surface area contributed by atoms with Crippen LogP contribution in [-0.4, -0.2) is 32.1 Å². The molecule has 0 heterocycles. The highest BCUT2D eigenvalue weighted by molar-refractivity contribution is 9.10. The third-order valence-corrected chi connectivity index (χ3v) is 4.31. The number of aliphatic imine (C=N–C) groups is 1. The van der Waals surface area contributed by atoms with Crippen molar-refractivity contribution in [1.29, 1.82) is 0 Å². The molecule has 2 aromatic rings. The third-order valence-electron chi connectivity index (χ3n) is 3.81. The molecule has 0 aliphatic rings. The fraction of sp³-hybridized carbons (Fsp3) is 0.300. The Morgan fingerprint density at radius 2 is 1.89 bits per heavy atom. The van der Waals surface area contributed by atoms with Crippen molar-refractivity contribution in [2.24, 2.45) is 4.99 Å². The summed E-state index contributed by atoms with van der Waals surface area (Å²) in [5.41, 5.74) is 2.85. The number of rotatable bonds is 7. The lowest BCUT2D eigenvalue weighted by Crippen LogP contribution is -2.41. The molecule has 0 atom stereocenters. The second kappa shape index (κ2) is 10.6. The number of halogens is 1. The molecule has 6 nitrogen and oxygen atoms in total. The van der Waals surface area contributed by atoms with Crippen LogP contribution in [0.15, 0.2) is 51.9 Å². The van der Waals surface area contributed by atoms with E-state index in [1.54, 1.807) is 7.11 Å². The summed E-state index contributed by atoms with van der Waals surface area (Å²) in [6.45, 7) is 5.28. The minimum absolute atomic E-state index is 0.125. The summed E-state index contributed by atoms with van der Waals surface area (Å²) in [4.78, 5) is 16.8. The Balaban J connectivity index is 1.92. The quantitative estimate of drug-likeness (QED) is 0.462. The van der Waals surface area contributed by atoms with Crippen LogP contribution in [0.25, 0.3) is 0 Å². The van der Waals surface area contributed by atoms with Crippen molar-refractivity contribution in [3.63, 3.8) is 0 Å². The maximum Gasteiger partial charge on any atom is 0.243 e. The average molecular weight is 433 g/mol. The zero-order valence-corrected chi connectivity index (χ0v) is 17.4. The smallest absolute Gasteiger partial charge is 0.243 e. The monoisotopic (exact) mass is 432 g/mol. The minimum Gasteiger partial charge on any atom is -0.497 e. The molecule has 0 fully saturated rings. The van der Waals surface area contributed by atoms with Gasteiger partial charge in [-0.25, -0.2) is 4.99 Å². The van der Waals surface area contributed by atoms with E-state index in [9.17, 15) is 4.79 Å². The number of carbonyl (C=O) groups is 1. The number of methoxy groups -OCH3 is 1. The molecule has 0 aliphatic carbocycles. The summed E-state index contributed by atoms with van der Waals surface area (Å²) < 4.78 is 6.08. The van der Waals surface area contributed by atoms with Crippen LogP contribution < -0.4 is 20.7 Å². The van der Waals surface area contributed by atoms with Crippen molar-refractivity contribution in [3.05, 3.63) is 58.1 Å². The third kappa shape index (κ3) is 6.94. The van der Waals surface area contributed by atoms with E-state index in [1.807, 2.05) is 56.3 Å². The first kappa shape index (κ1) is 20.8. The van der Waals surface area contributed by atoms with Gasteiger partial charge in [-0.3, -0.25) is 4.79 Å². The van der Waals surface area contributed by atoms with Crippen molar-refractivity contribution in [2.75, 3.05) is 25.5 Å². The normalized spacial score (nSPS) is 11.0. The molecule has 0 bridgehead atoms. The van der Waals surface area contributed by atoms with Crippen molar-refractivity contribution in [3.8, 4) is 5.75 Å². The van der Waals surface area contributed by atoms with E-state index in [1.165, 1.54) is 0 Å². The highest BCUT2D eigenvalue weighted by Crippen LogP contribution is 2.20. The van der Waals surface area contributed by atoms with E-state index >= 15 is 0 Å². The van der Waals surface area contributed by atoms with E-state index in [0.29, 0.717) is 19.0 Å². The lowest BCUT2D eigenvalue weighted by atomic mass is 10.2. The number of aryl methyl sites for hydroxylation is 1. The van der Waals surface area contributed by atoms with Crippen LogP contribution in [0.5, 0.6) is 5.75 Å². The molecule has 144 valence electrons. The first-order chi connectivity index (χ1) is 13.0. The van der Waals surface area contributed by atoms with Crippen LogP contribution >= 0.6 is 15.9 Å². The Kier molecular flexibility index (Phi) is 8.13. The van der Waals surface area contributed by atoms with Gasteiger partial charge in [-0.05, 0) is 49.2 Å². The molecule has 0 aromatic heterocycles. The fourth-order valence-electron chi connectivity index (χ4n) is 2.33. The number of ether oxygens (including phenoxy) is 1. The molecule has 7 heteroatoms. The Morgan fingerprint density at radius 3 is 2.56 bits per heavy atom. The zero-order chi connectivity index (χ0) is 19.6. The molecular formula is C20H25BrN4O2. The molecular weight excluding hydrogens is 408 g/mol. The molecule has 2 rings (SSSR count). The van der Waals surface area contributed by atoms with E-state index in [2.05, 4.69) is 36.9 Å². The first-order valence-corrected chi connectivity index (χ1v) is 9.52. The molecule has 27 heavy (non-hydrogen) atoms. The van der Waals surface area contributed by atoms with E-state index in [-0.39, 0.29) is 12.5 Å². The molecule has 0 radical (unpaired) electrons. The maximum atomic E-state index is 12.2. The number of hydrogen-bond donors (Lipinski definition) is 3. The summed E-state index contributed by atoms with van der Waals surface area (Å²) in [6.07, 6.45) is 0. The van der Waals surface area contributed by atoms with Crippen LogP contribution in [0, 0.1) is 6.92 Å². The van der Waals surface area contributed by atoms with Gasteiger partial charge < -0.3 is 20.7 Å². The molecule has 1 amide bonds. The predicted molar refractivity (Wildman–Crippen MR) is 113 cm³/mol. The Morgan fingerprint density at radius 1 is 1.15 bits per heavy atom. The van der Waals surface area contributed by atoms with Gasteiger partial charge in [0.05, 0.1) is 20.2 Å². The van der Waals surface area contributed by atoms with Gasteiger partial charge in [0, 0.05) is 16.7 Å². The van der Waals surface area contributed by atoms with Gasteiger partial charge in [-0.15, -0.1) is 0 Å². The number of anilines is 1. The van der Waals surface area contributed by atoms with Gasteiger partial charge in [0.25, 0.3) is 0 Å². The second-order valence-corrected chi connectivity index (χ2v) is 6.82. The minimum atomic E-state index is -0.133. The predicted octanol–water partition coefficient (Wildman–Crippen LogP) is 3.46. The number of guanidine groups is 1. The van der Waals surface area contributed by atoms with Crippen LogP contribution in [0.3, 0.4) is 0 Å². The molecule has 2 aromatic carbocycles. The summed E-state index contributed by atoms with van der Waals surface area (Å²) in [7, 11) is 1.64. The number of nitrogens with one attached hydrogen (secondary N) is 3. The summed E-state index contributed by atoms with van der Waals surface area (Å²) >= 11 is 3.42. The Labute approximate surface area is 168 Å². The zero-order valence-electron chi connectivity index (χ0n) is 15.8. The second-order valence-electron chi connectivity index (χ2n) is 5.90. The highest BCUT2D eigenvalue weighted by Gasteiger charge is 2.07. The average Bonchev–Trinajstić information content (AvgIpc) is 2.67. The van der Waals surface area contributed by atoms with Crippen LogP contribution in [0.4, 0.5) is 5.69 Å². The molecule has 3 N–H and O–H groups in total. The van der Waals surface area contributed by atoms with Gasteiger partial charge >= 0.3 is 0 Å². The molecule has 0 saturated carbocycles. The van der Waals surface area contributed by atoms with Crippen molar-refractivity contribution in [2.45, 2.75) is 20.4 Å². The van der Waals surface area contributed by atoms with Crippen molar-refractivity contribution in [1.82, 2.24) is 10.6 Å². The van der Waals surface area contributed by atoms with E-state index in [0.717, 1.165) is 27.0 Å². The number of carbonyl (C=O) groups excluding carboxylic acids is 1. The largest absolute Gasteiger partial charge is 0.497 e. The van der Waals surface area contributed by atoms with Crippen LogP contribution in [0.1, 0.15) is 18.1 Å². The van der Waals surface area contributed by atoms with Gasteiger partial charge in [0.15, 0.2) is 5.96 Å². The topological polar surface area (TPSA) is 74.8 Å². The Hall–Kier alpha value is -2.54. The number of benzene rings is 2. The van der Waals surface area contributed by atoms with Crippen molar-refractivity contribution < 1.29 is 9.53 Å². The number of hydrogen-bond acceptors (Lipinski definition) is 3. The Bertz CT molecular complexity index is 791. The van der Waals surface area contributed by atoms with Gasteiger partial charge in [0.2, 0.25) is 5.91 Å². The molecule has 0 unspecified atom stereocenters.